The molecule has 3 heteroatoms. The summed E-state index contributed by atoms with van der Waals surface area (Å²) in [6.07, 6.45) is 4.30. The Morgan fingerprint density at radius 1 is 1.50 bits per heavy atom. The highest BCUT2D eigenvalue weighted by Crippen LogP contribution is 2.10. The van der Waals surface area contributed by atoms with Crippen molar-refractivity contribution in [3.05, 3.63) is 36.6 Å². The lowest BCUT2D eigenvalue weighted by Crippen LogP contribution is -2.23. The Bertz CT molecular complexity index is 258. The van der Waals surface area contributed by atoms with Crippen LogP contribution in [0.5, 0.6) is 0 Å². The fourth-order valence-corrected chi connectivity index (χ4v) is 1.52. The minimum absolute atomic E-state index is 0.170. The van der Waals surface area contributed by atoms with E-state index in [-0.39, 0.29) is 6.10 Å². The van der Waals surface area contributed by atoms with Crippen molar-refractivity contribution in [1.82, 2.24) is 4.90 Å². The second-order valence-electron chi connectivity index (χ2n) is 3.74. The molecule has 1 rings (SSSR count). The van der Waals surface area contributed by atoms with E-state index in [4.69, 9.17) is 5.73 Å². The predicted octanol–water partition coefficient (Wildman–Crippen LogP) is 0.638. The summed E-state index contributed by atoms with van der Waals surface area (Å²) in [7, 11) is 0. The van der Waals surface area contributed by atoms with Crippen LogP contribution in [-0.2, 0) is 0 Å². The molecule has 78 valence electrons. The van der Waals surface area contributed by atoms with Gasteiger partial charge in [-0.2, -0.15) is 0 Å². The molecule has 0 aromatic rings. The van der Waals surface area contributed by atoms with Gasteiger partial charge in [0.25, 0.3) is 0 Å². The van der Waals surface area contributed by atoms with E-state index in [1.807, 2.05) is 6.08 Å². The summed E-state index contributed by atoms with van der Waals surface area (Å²) in [6.45, 7) is 9.96. The van der Waals surface area contributed by atoms with E-state index in [1.54, 1.807) is 6.08 Å². The van der Waals surface area contributed by atoms with E-state index in [1.165, 1.54) is 0 Å². The second kappa shape index (κ2) is 4.98. The smallest absolute Gasteiger partial charge is 0.0679 e. The highest BCUT2D eigenvalue weighted by molar-refractivity contribution is 5.23. The average Bonchev–Trinajstić information content (AvgIpc) is 2.48. The van der Waals surface area contributed by atoms with Crippen LogP contribution >= 0.6 is 0 Å². The number of aliphatic hydroxyl groups is 1. The molecule has 1 unspecified atom stereocenters. The van der Waals surface area contributed by atoms with Gasteiger partial charge in [0.2, 0.25) is 0 Å². The summed E-state index contributed by atoms with van der Waals surface area (Å²) in [6, 6.07) is 0. The number of allylic oxidation sites excluding steroid dienone is 1. The molecule has 0 radical (unpaired) electrons. The SMILES string of the molecule is C=C(N)/C=C\C(=C)CN1CCC(O)C1. The number of rotatable bonds is 4. The van der Waals surface area contributed by atoms with Crippen LogP contribution in [0.25, 0.3) is 0 Å². The molecular formula is C11H18N2O. The Hall–Kier alpha value is -1.06. The lowest BCUT2D eigenvalue weighted by atomic mass is 10.2. The molecule has 1 atom stereocenters. The Morgan fingerprint density at radius 2 is 2.21 bits per heavy atom. The highest BCUT2D eigenvalue weighted by atomic mass is 16.3. The summed E-state index contributed by atoms with van der Waals surface area (Å²) < 4.78 is 0. The maximum atomic E-state index is 9.31. The van der Waals surface area contributed by atoms with Gasteiger partial charge >= 0.3 is 0 Å². The minimum Gasteiger partial charge on any atom is -0.399 e. The van der Waals surface area contributed by atoms with Gasteiger partial charge in [-0.1, -0.05) is 19.2 Å². The van der Waals surface area contributed by atoms with Gasteiger partial charge in [0.15, 0.2) is 0 Å². The van der Waals surface area contributed by atoms with Crippen LogP contribution in [-0.4, -0.2) is 35.7 Å². The fourth-order valence-electron chi connectivity index (χ4n) is 1.52. The quantitative estimate of drug-likeness (QED) is 0.646. The van der Waals surface area contributed by atoms with Crippen molar-refractivity contribution in [3.63, 3.8) is 0 Å². The van der Waals surface area contributed by atoms with Crippen molar-refractivity contribution >= 4 is 0 Å². The first kappa shape index (κ1) is 11.0. The number of aliphatic hydroxyl groups excluding tert-OH is 1. The first-order valence-corrected chi connectivity index (χ1v) is 4.78. The summed E-state index contributed by atoms with van der Waals surface area (Å²) in [5.41, 5.74) is 6.92. The van der Waals surface area contributed by atoms with Gasteiger partial charge in [-0.3, -0.25) is 4.90 Å². The molecule has 0 amide bonds. The number of likely N-dealkylation sites (tertiary alicyclic amines) is 1. The van der Waals surface area contributed by atoms with Gasteiger partial charge in [-0.15, -0.1) is 0 Å². The maximum Gasteiger partial charge on any atom is 0.0679 e. The number of β-amino-alcohol motifs (C(OH)–C–C–N with tert-alkyl or cyclic N) is 1. The van der Waals surface area contributed by atoms with Crippen molar-refractivity contribution < 1.29 is 5.11 Å². The monoisotopic (exact) mass is 194 g/mol. The molecule has 1 aliphatic heterocycles. The number of nitrogens with zero attached hydrogens (tertiary/aromatic N) is 1. The molecule has 0 aliphatic carbocycles. The van der Waals surface area contributed by atoms with Crippen LogP contribution in [0.3, 0.4) is 0 Å². The molecule has 0 saturated carbocycles. The molecule has 1 saturated heterocycles. The number of hydrogen-bond donors (Lipinski definition) is 2. The van der Waals surface area contributed by atoms with Crippen molar-refractivity contribution in [2.75, 3.05) is 19.6 Å². The zero-order chi connectivity index (χ0) is 10.6. The summed E-state index contributed by atoms with van der Waals surface area (Å²) in [5.74, 6) is 0. The van der Waals surface area contributed by atoms with E-state index in [0.29, 0.717) is 5.70 Å². The first-order chi connectivity index (χ1) is 6.58. The van der Waals surface area contributed by atoms with Gasteiger partial charge in [0, 0.05) is 25.3 Å². The molecule has 1 aliphatic rings. The Labute approximate surface area is 85.2 Å². The first-order valence-electron chi connectivity index (χ1n) is 4.78. The molecule has 0 bridgehead atoms. The molecule has 3 nitrogen and oxygen atoms in total. The highest BCUT2D eigenvalue weighted by Gasteiger charge is 2.19. The van der Waals surface area contributed by atoms with Crippen LogP contribution in [0.1, 0.15) is 6.42 Å². The standard InChI is InChI=1S/C11H18N2O/c1-9(3-4-10(2)12)7-13-6-5-11(14)8-13/h3-4,11,14H,1-2,5-8,12H2/b4-3-. The van der Waals surface area contributed by atoms with Gasteiger partial charge in [0.1, 0.15) is 0 Å². The predicted molar refractivity (Wildman–Crippen MR) is 58.7 cm³/mol. The molecular weight excluding hydrogens is 176 g/mol. The van der Waals surface area contributed by atoms with Gasteiger partial charge in [0.05, 0.1) is 6.10 Å². The average molecular weight is 194 g/mol. The van der Waals surface area contributed by atoms with E-state index < -0.39 is 0 Å². The molecule has 0 aromatic heterocycles. The molecule has 0 aromatic carbocycles. The van der Waals surface area contributed by atoms with Gasteiger partial charge in [-0.25, -0.2) is 0 Å². The lowest BCUT2D eigenvalue weighted by Gasteiger charge is -2.14. The van der Waals surface area contributed by atoms with Crippen LogP contribution in [0, 0.1) is 0 Å². The summed E-state index contributed by atoms with van der Waals surface area (Å²) in [5, 5.41) is 9.31. The Kier molecular flexibility index (Phi) is 3.92. The van der Waals surface area contributed by atoms with Crippen LogP contribution in [0.4, 0.5) is 0 Å². The van der Waals surface area contributed by atoms with E-state index in [2.05, 4.69) is 18.1 Å². The van der Waals surface area contributed by atoms with Gasteiger partial charge < -0.3 is 10.8 Å². The molecule has 1 heterocycles. The van der Waals surface area contributed by atoms with Crippen molar-refractivity contribution in [2.24, 2.45) is 5.73 Å². The third-order valence-corrected chi connectivity index (χ3v) is 2.21. The summed E-state index contributed by atoms with van der Waals surface area (Å²) >= 11 is 0. The zero-order valence-electron chi connectivity index (χ0n) is 8.45. The Balaban J connectivity index is 2.30. The zero-order valence-corrected chi connectivity index (χ0v) is 8.45. The van der Waals surface area contributed by atoms with Crippen LogP contribution < -0.4 is 5.73 Å². The van der Waals surface area contributed by atoms with Crippen molar-refractivity contribution in [1.29, 1.82) is 0 Å². The molecule has 14 heavy (non-hydrogen) atoms. The van der Waals surface area contributed by atoms with Crippen molar-refractivity contribution in [3.8, 4) is 0 Å². The Morgan fingerprint density at radius 3 is 2.71 bits per heavy atom. The minimum atomic E-state index is -0.170. The number of hydrogen-bond acceptors (Lipinski definition) is 3. The second-order valence-corrected chi connectivity index (χ2v) is 3.74. The summed E-state index contributed by atoms with van der Waals surface area (Å²) in [4.78, 5) is 2.18. The molecule has 3 N–H and O–H groups in total. The number of nitrogens with two attached hydrogens (primary N) is 1. The molecule has 0 spiro atoms. The topological polar surface area (TPSA) is 49.5 Å². The van der Waals surface area contributed by atoms with Crippen LogP contribution in [0.15, 0.2) is 36.6 Å². The lowest BCUT2D eigenvalue weighted by molar-refractivity contribution is 0.179. The maximum absolute atomic E-state index is 9.31. The van der Waals surface area contributed by atoms with E-state index in [9.17, 15) is 5.11 Å². The molecule has 1 fully saturated rings. The van der Waals surface area contributed by atoms with E-state index >= 15 is 0 Å². The van der Waals surface area contributed by atoms with E-state index in [0.717, 1.165) is 31.6 Å². The third-order valence-electron chi connectivity index (χ3n) is 2.21. The van der Waals surface area contributed by atoms with Crippen LogP contribution in [0.2, 0.25) is 0 Å². The fraction of sp³-hybridized carbons (Fsp3) is 0.455. The largest absolute Gasteiger partial charge is 0.399 e. The van der Waals surface area contributed by atoms with Gasteiger partial charge in [-0.05, 0) is 18.1 Å². The normalized spacial score (nSPS) is 23.1. The van der Waals surface area contributed by atoms with Crippen molar-refractivity contribution in [2.45, 2.75) is 12.5 Å². The third kappa shape index (κ3) is 3.77.